The molecular formula is C14H28N2O4S2. The third-order valence-electron chi connectivity index (χ3n) is 2.78. The zero-order chi connectivity index (χ0) is 17.4. The Balaban J connectivity index is 4.18. The molecule has 0 aromatic heterocycles. The molecule has 6 nitrogen and oxygen atoms in total. The van der Waals surface area contributed by atoms with Crippen LogP contribution in [-0.4, -0.2) is 29.9 Å². The summed E-state index contributed by atoms with van der Waals surface area (Å²) in [5.74, 6) is 0.168. The Morgan fingerprint density at radius 2 is 1.68 bits per heavy atom. The van der Waals surface area contributed by atoms with E-state index in [1.807, 2.05) is 27.7 Å². The molecule has 1 unspecified atom stereocenters. The monoisotopic (exact) mass is 352 g/mol. The predicted molar refractivity (Wildman–Crippen MR) is 91.0 cm³/mol. The Kier molecular flexibility index (Phi) is 8.53. The van der Waals surface area contributed by atoms with Crippen molar-refractivity contribution in [2.75, 3.05) is 13.1 Å². The third kappa shape index (κ3) is 11.9. The van der Waals surface area contributed by atoms with Crippen molar-refractivity contribution in [1.82, 2.24) is 9.44 Å². The second-order valence-corrected chi connectivity index (χ2v) is 9.90. The van der Waals surface area contributed by atoms with E-state index in [0.29, 0.717) is 25.9 Å². The first-order chi connectivity index (χ1) is 9.87. The van der Waals surface area contributed by atoms with Crippen LogP contribution in [0.2, 0.25) is 0 Å². The van der Waals surface area contributed by atoms with E-state index >= 15 is 0 Å². The fourth-order valence-electron chi connectivity index (χ4n) is 1.40. The average Bonchev–Trinajstić information content (AvgIpc) is 2.35. The first kappa shape index (κ1) is 21.3. The van der Waals surface area contributed by atoms with Crippen molar-refractivity contribution in [3.63, 3.8) is 0 Å². The van der Waals surface area contributed by atoms with E-state index in [2.05, 4.69) is 16.0 Å². The molecule has 22 heavy (non-hydrogen) atoms. The standard InChI is InChI=1S/C14H28N2O4S2/c1-6-21(17,18)15-10-9-13(2)8-7-11-22(19,20)16-12-14(3,4)5/h6-7,11,13,15-16H,1,8-10,12H2,2-5H3/b11-7-. The van der Waals surface area contributed by atoms with Crippen LogP contribution in [0.3, 0.4) is 0 Å². The fourth-order valence-corrected chi connectivity index (χ4v) is 3.02. The van der Waals surface area contributed by atoms with Gasteiger partial charge in [0.1, 0.15) is 0 Å². The normalized spacial score (nSPS) is 15.1. The zero-order valence-corrected chi connectivity index (χ0v) is 15.4. The maximum atomic E-state index is 11.7. The van der Waals surface area contributed by atoms with Gasteiger partial charge in [0.05, 0.1) is 0 Å². The number of sulfonamides is 2. The van der Waals surface area contributed by atoms with Crippen molar-refractivity contribution in [3.8, 4) is 0 Å². The van der Waals surface area contributed by atoms with Crippen LogP contribution in [0.25, 0.3) is 0 Å². The smallest absolute Gasteiger partial charge is 0.212 e. The van der Waals surface area contributed by atoms with Crippen molar-refractivity contribution in [3.05, 3.63) is 23.5 Å². The molecule has 0 bridgehead atoms. The summed E-state index contributed by atoms with van der Waals surface area (Å²) in [4.78, 5) is 0. The highest BCUT2D eigenvalue weighted by Crippen LogP contribution is 2.12. The SMILES string of the molecule is C=CS(=O)(=O)NCCC(C)C/C=C\S(=O)(=O)NCC(C)(C)C. The van der Waals surface area contributed by atoms with Crippen molar-refractivity contribution < 1.29 is 16.8 Å². The van der Waals surface area contributed by atoms with E-state index in [1.165, 1.54) is 5.41 Å². The molecule has 0 aromatic carbocycles. The highest BCUT2D eigenvalue weighted by atomic mass is 32.2. The Hall–Kier alpha value is -0.700. The van der Waals surface area contributed by atoms with Gasteiger partial charge in [0, 0.05) is 23.9 Å². The number of allylic oxidation sites excluding steroid dienone is 1. The van der Waals surface area contributed by atoms with E-state index in [9.17, 15) is 16.8 Å². The van der Waals surface area contributed by atoms with Gasteiger partial charge in [-0.05, 0) is 24.2 Å². The van der Waals surface area contributed by atoms with Gasteiger partial charge in [-0.2, -0.15) is 0 Å². The van der Waals surface area contributed by atoms with Gasteiger partial charge in [-0.3, -0.25) is 0 Å². The molecule has 0 aliphatic heterocycles. The van der Waals surface area contributed by atoms with Crippen molar-refractivity contribution in [1.29, 1.82) is 0 Å². The molecule has 0 heterocycles. The van der Waals surface area contributed by atoms with Gasteiger partial charge in [-0.1, -0.05) is 40.3 Å². The van der Waals surface area contributed by atoms with E-state index in [4.69, 9.17) is 0 Å². The zero-order valence-electron chi connectivity index (χ0n) is 13.8. The Morgan fingerprint density at radius 1 is 1.09 bits per heavy atom. The van der Waals surface area contributed by atoms with Crippen LogP contribution in [0, 0.1) is 11.3 Å². The Labute approximate surface area is 135 Å². The number of hydrogen-bond donors (Lipinski definition) is 2. The maximum Gasteiger partial charge on any atom is 0.233 e. The molecule has 0 aliphatic rings. The van der Waals surface area contributed by atoms with Crippen molar-refractivity contribution in [2.24, 2.45) is 11.3 Å². The van der Waals surface area contributed by atoms with E-state index in [-0.39, 0.29) is 11.3 Å². The highest BCUT2D eigenvalue weighted by Gasteiger charge is 2.14. The lowest BCUT2D eigenvalue weighted by atomic mass is 9.98. The lowest BCUT2D eigenvalue weighted by Gasteiger charge is -2.17. The molecule has 0 saturated carbocycles. The summed E-state index contributed by atoms with van der Waals surface area (Å²) in [6, 6.07) is 0. The first-order valence-corrected chi connectivity index (χ1v) is 10.2. The van der Waals surface area contributed by atoms with Crippen LogP contribution in [0.15, 0.2) is 23.5 Å². The number of hydrogen-bond acceptors (Lipinski definition) is 4. The van der Waals surface area contributed by atoms with Gasteiger partial charge in [0.2, 0.25) is 20.0 Å². The summed E-state index contributed by atoms with van der Waals surface area (Å²) in [6.07, 6.45) is 2.77. The molecule has 8 heteroatoms. The Morgan fingerprint density at radius 3 is 2.18 bits per heavy atom. The molecule has 0 fully saturated rings. The number of rotatable bonds is 10. The van der Waals surface area contributed by atoms with Crippen LogP contribution >= 0.6 is 0 Å². The maximum absolute atomic E-state index is 11.7. The van der Waals surface area contributed by atoms with Gasteiger partial charge in [0.25, 0.3) is 0 Å². The minimum absolute atomic E-state index is 0.115. The molecule has 2 N–H and O–H groups in total. The van der Waals surface area contributed by atoms with Crippen LogP contribution in [0.4, 0.5) is 0 Å². The minimum Gasteiger partial charge on any atom is -0.212 e. The topological polar surface area (TPSA) is 92.3 Å². The summed E-state index contributed by atoms with van der Waals surface area (Å²) in [6.45, 7) is 11.7. The van der Waals surface area contributed by atoms with E-state index in [1.54, 1.807) is 6.08 Å². The predicted octanol–water partition coefficient (Wildman–Crippen LogP) is 1.94. The van der Waals surface area contributed by atoms with Crippen molar-refractivity contribution >= 4 is 20.0 Å². The molecule has 0 aliphatic carbocycles. The molecule has 130 valence electrons. The van der Waals surface area contributed by atoms with Gasteiger partial charge >= 0.3 is 0 Å². The van der Waals surface area contributed by atoms with Crippen LogP contribution in [0.1, 0.15) is 40.5 Å². The average molecular weight is 353 g/mol. The Bertz CT molecular complexity index is 572. The van der Waals surface area contributed by atoms with Gasteiger partial charge in [-0.15, -0.1) is 0 Å². The lowest BCUT2D eigenvalue weighted by Crippen LogP contribution is -2.30. The van der Waals surface area contributed by atoms with Crippen LogP contribution in [0.5, 0.6) is 0 Å². The lowest BCUT2D eigenvalue weighted by molar-refractivity contribution is 0.408. The second kappa shape index (κ2) is 8.81. The minimum atomic E-state index is -3.41. The van der Waals surface area contributed by atoms with Gasteiger partial charge in [0.15, 0.2) is 0 Å². The van der Waals surface area contributed by atoms with Gasteiger partial charge in [-0.25, -0.2) is 26.3 Å². The molecule has 0 radical (unpaired) electrons. The van der Waals surface area contributed by atoms with E-state index < -0.39 is 20.0 Å². The summed E-state index contributed by atoms with van der Waals surface area (Å²) in [5.41, 5.74) is -0.115. The molecule has 0 spiro atoms. The second-order valence-electron chi connectivity index (χ2n) is 6.53. The first-order valence-electron chi connectivity index (χ1n) is 7.15. The summed E-state index contributed by atoms with van der Waals surface area (Å²) in [5, 5.41) is 2.04. The molecule has 0 aromatic rings. The van der Waals surface area contributed by atoms with E-state index in [0.717, 1.165) is 5.41 Å². The molecule has 0 amide bonds. The molecule has 0 saturated heterocycles. The molecule has 1 atom stereocenters. The number of nitrogens with one attached hydrogen (secondary N) is 2. The van der Waals surface area contributed by atoms with Crippen LogP contribution < -0.4 is 9.44 Å². The largest absolute Gasteiger partial charge is 0.233 e. The van der Waals surface area contributed by atoms with Gasteiger partial charge < -0.3 is 0 Å². The molecular weight excluding hydrogens is 324 g/mol. The molecule has 0 rings (SSSR count). The third-order valence-corrected chi connectivity index (χ3v) is 4.92. The quantitative estimate of drug-likeness (QED) is 0.628. The summed E-state index contributed by atoms with van der Waals surface area (Å²) < 4.78 is 50.7. The van der Waals surface area contributed by atoms with Crippen molar-refractivity contribution in [2.45, 2.75) is 40.5 Å². The highest BCUT2D eigenvalue weighted by molar-refractivity contribution is 7.92. The summed E-state index contributed by atoms with van der Waals surface area (Å²) >= 11 is 0. The van der Waals surface area contributed by atoms with Crippen LogP contribution in [-0.2, 0) is 20.0 Å². The fraction of sp³-hybridized carbons (Fsp3) is 0.714. The summed E-state index contributed by atoms with van der Waals surface area (Å²) in [7, 11) is -6.80.